The van der Waals surface area contributed by atoms with E-state index in [0.29, 0.717) is 5.92 Å². The fourth-order valence-electron chi connectivity index (χ4n) is 4.21. The van der Waals surface area contributed by atoms with Crippen LogP contribution in [0.3, 0.4) is 0 Å². The summed E-state index contributed by atoms with van der Waals surface area (Å²) in [5.41, 5.74) is 5.22. The van der Waals surface area contributed by atoms with Crippen molar-refractivity contribution in [2.75, 3.05) is 0 Å². The van der Waals surface area contributed by atoms with Gasteiger partial charge in [-0.15, -0.1) is 0 Å². The zero-order valence-corrected chi connectivity index (χ0v) is 18.1. The van der Waals surface area contributed by atoms with Crippen molar-refractivity contribution in [2.45, 2.75) is 71.3 Å². The van der Waals surface area contributed by atoms with E-state index < -0.39 is 0 Å². The Morgan fingerprint density at radius 3 is 2.28 bits per heavy atom. The third-order valence-electron chi connectivity index (χ3n) is 6.13. The molecule has 0 radical (unpaired) electrons. The van der Waals surface area contributed by atoms with Crippen molar-refractivity contribution in [3.8, 4) is 6.07 Å². The van der Waals surface area contributed by atoms with Crippen molar-refractivity contribution in [1.82, 2.24) is 5.32 Å². The summed E-state index contributed by atoms with van der Waals surface area (Å²) in [5.74, 6) is 0.693. The molecule has 3 nitrogen and oxygen atoms in total. The second-order valence-corrected chi connectivity index (χ2v) is 9.48. The SMILES string of the molecule is Cc1cc(C[C@H]2CC[C@H](NC(=O)c3ccc(C(C)(C)C)cc3)CC2)ccc1C#N. The summed E-state index contributed by atoms with van der Waals surface area (Å²) in [6.07, 6.45) is 5.39. The van der Waals surface area contributed by atoms with E-state index in [1.54, 1.807) is 0 Å². The van der Waals surface area contributed by atoms with Crippen molar-refractivity contribution >= 4 is 5.91 Å². The van der Waals surface area contributed by atoms with Crippen LogP contribution in [0.4, 0.5) is 0 Å². The molecule has 0 unspecified atom stereocenters. The lowest BCUT2D eigenvalue weighted by Crippen LogP contribution is -2.37. The van der Waals surface area contributed by atoms with Gasteiger partial charge in [-0.25, -0.2) is 0 Å². The highest BCUT2D eigenvalue weighted by Gasteiger charge is 2.23. The van der Waals surface area contributed by atoms with Crippen LogP contribution in [0.15, 0.2) is 42.5 Å². The van der Waals surface area contributed by atoms with Crippen LogP contribution in [0.2, 0.25) is 0 Å². The lowest BCUT2D eigenvalue weighted by Gasteiger charge is -2.29. The highest BCUT2D eigenvalue weighted by atomic mass is 16.1. The van der Waals surface area contributed by atoms with Gasteiger partial charge < -0.3 is 5.32 Å². The highest BCUT2D eigenvalue weighted by Crippen LogP contribution is 2.28. The van der Waals surface area contributed by atoms with Crippen molar-refractivity contribution < 1.29 is 4.79 Å². The van der Waals surface area contributed by atoms with Gasteiger partial charge >= 0.3 is 0 Å². The number of hydrogen-bond donors (Lipinski definition) is 1. The van der Waals surface area contributed by atoms with Gasteiger partial charge in [-0.05, 0) is 85.3 Å². The molecule has 0 heterocycles. The van der Waals surface area contributed by atoms with Crippen molar-refractivity contribution in [3.63, 3.8) is 0 Å². The van der Waals surface area contributed by atoms with E-state index in [4.69, 9.17) is 5.26 Å². The van der Waals surface area contributed by atoms with Gasteiger partial charge in [-0.3, -0.25) is 4.79 Å². The molecule has 1 amide bonds. The van der Waals surface area contributed by atoms with Crippen molar-refractivity contribution in [1.29, 1.82) is 5.26 Å². The molecule has 3 heteroatoms. The monoisotopic (exact) mass is 388 g/mol. The van der Waals surface area contributed by atoms with E-state index in [0.717, 1.165) is 48.8 Å². The molecule has 0 saturated heterocycles. The minimum atomic E-state index is 0.0385. The predicted molar refractivity (Wildman–Crippen MR) is 118 cm³/mol. The Hall–Kier alpha value is -2.60. The van der Waals surface area contributed by atoms with Gasteiger partial charge in [-0.1, -0.05) is 45.0 Å². The van der Waals surface area contributed by atoms with Crippen LogP contribution in [0, 0.1) is 24.2 Å². The first-order valence-corrected chi connectivity index (χ1v) is 10.7. The van der Waals surface area contributed by atoms with Gasteiger partial charge in [0.05, 0.1) is 11.6 Å². The fraction of sp³-hybridized carbons (Fsp3) is 0.462. The van der Waals surface area contributed by atoms with Crippen LogP contribution >= 0.6 is 0 Å². The second kappa shape index (κ2) is 8.82. The topological polar surface area (TPSA) is 52.9 Å². The standard InChI is InChI=1S/C26H32N2O/c1-18-15-20(5-8-22(18)17-27)16-19-6-13-24(14-7-19)28-25(29)21-9-11-23(12-10-21)26(2,3)4/h5,8-12,15,19,24H,6-7,13-14,16H2,1-4H3,(H,28,29)/t19-,24-. The number of carbonyl (C=O) groups excluding carboxylic acids is 1. The van der Waals surface area contributed by atoms with Crippen molar-refractivity contribution in [2.24, 2.45) is 5.92 Å². The maximum absolute atomic E-state index is 12.6. The Balaban J connectivity index is 1.50. The molecule has 0 aromatic heterocycles. The maximum Gasteiger partial charge on any atom is 0.251 e. The number of benzene rings is 2. The zero-order chi connectivity index (χ0) is 21.0. The van der Waals surface area contributed by atoms with E-state index in [9.17, 15) is 4.79 Å². The number of nitriles is 1. The molecule has 1 aliphatic rings. The molecule has 0 spiro atoms. The predicted octanol–water partition coefficient (Wildman–Crippen LogP) is 5.70. The summed E-state index contributed by atoms with van der Waals surface area (Å²) in [4.78, 5) is 12.6. The van der Waals surface area contributed by atoms with E-state index in [1.807, 2.05) is 25.1 Å². The van der Waals surface area contributed by atoms with E-state index in [-0.39, 0.29) is 17.4 Å². The Morgan fingerprint density at radius 1 is 1.07 bits per heavy atom. The molecule has 1 N–H and O–H groups in total. The summed E-state index contributed by atoms with van der Waals surface area (Å²) in [6, 6.07) is 16.7. The Kier molecular flexibility index (Phi) is 6.42. The molecule has 2 aromatic rings. The molecular weight excluding hydrogens is 356 g/mol. The van der Waals surface area contributed by atoms with Gasteiger partial charge in [0, 0.05) is 11.6 Å². The Labute approximate surface area is 175 Å². The fourth-order valence-corrected chi connectivity index (χ4v) is 4.21. The first-order chi connectivity index (χ1) is 13.8. The lowest BCUT2D eigenvalue weighted by molar-refractivity contribution is 0.0922. The summed E-state index contributed by atoms with van der Waals surface area (Å²) >= 11 is 0. The summed E-state index contributed by atoms with van der Waals surface area (Å²) < 4.78 is 0. The van der Waals surface area contributed by atoms with Crippen molar-refractivity contribution in [3.05, 3.63) is 70.3 Å². The third-order valence-corrected chi connectivity index (χ3v) is 6.13. The minimum absolute atomic E-state index is 0.0385. The molecule has 1 fully saturated rings. The van der Waals surface area contributed by atoms with Crippen LogP contribution in [0.1, 0.15) is 79.1 Å². The van der Waals surface area contributed by atoms with Gasteiger partial charge in [-0.2, -0.15) is 5.26 Å². The van der Waals surface area contributed by atoms with Crippen LogP contribution in [0.25, 0.3) is 0 Å². The Bertz CT molecular complexity index is 892. The molecule has 0 atom stereocenters. The molecule has 1 saturated carbocycles. The minimum Gasteiger partial charge on any atom is -0.349 e. The summed E-state index contributed by atoms with van der Waals surface area (Å²) in [7, 11) is 0. The maximum atomic E-state index is 12.6. The average molecular weight is 389 g/mol. The third kappa shape index (κ3) is 5.48. The summed E-state index contributed by atoms with van der Waals surface area (Å²) in [5, 5.41) is 12.3. The van der Waals surface area contributed by atoms with Crippen LogP contribution < -0.4 is 5.32 Å². The quantitative estimate of drug-likeness (QED) is 0.731. The molecule has 3 rings (SSSR count). The normalized spacial score (nSPS) is 19.4. The first kappa shape index (κ1) is 21.1. The zero-order valence-electron chi connectivity index (χ0n) is 18.1. The number of rotatable bonds is 4. The van der Waals surface area contributed by atoms with Gasteiger partial charge in [0.25, 0.3) is 5.91 Å². The highest BCUT2D eigenvalue weighted by molar-refractivity contribution is 5.94. The summed E-state index contributed by atoms with van der Waals surface area (Å²) in [6.45, 7) is 8.54. The van der Waals surface area contributed by atoms with Gasteiger partial charge in [0.1, 0.15) is 0 Å². The van der Waals surface area contributed by atoms with E-state index >= 15 is 0 Å². The first-order valence-electron chi connectivity index (χ1n) is 10.7. The van der Waals surface area contributed by atoms with Crippen LogP contribution in [-0.4, -0.2) is 11.9 Å². The number of carbonyl (C=O) groups is 1. The van der Waals surface area contributed by atoms with Crippen LogP contribution in [-0.2, 0) is 11.8 Å². The number of hydrogen-bond acceptors (Lipinski definition) is 2. The molecule has 152 valence electrons. The van der Waals surface area contributed by atoms with E-state index in [2.05, 4.69) is 56.4 Å². The molecular formula is C26H32N2O. The molecule has 2 aromatic carbocycles. The molecule has 0 bridgehead atoms. The molecule has 0 aliphatic heterocycles. The lowest BCUT2D eigenvalue weighted by atomic mass is 9.82. The number of nitrogens with zero attached hydrogens (tertiary/aromatic N) is 1. The largest absolute Gasteiger partial charge is 0.349 e. The Morgan fingerprint density at radius 2 is 1.72 bits per heavy atom. The number of nitrogens with one attached hydrogen (secondary N) is 1. The number of amides is 1. The smallest absolute Gasteiger partial charge is 0.251 e. The van der Waals surface area contributed by atoms with Crippen LogP contribution in [0.5, 0.6) is 0 Å². The van der Waals surface area contributed by atoms with Gasteiger partial charge in [0.2, 0.25) is 0 Å². The van der Waals surface area contributed by atoms with E-state index in [1.165, 1.54) is 11.1 Å². The second-order valence-electron chi connectivity index (χ2n) is 9.48. The molecule has 29 heavy (non-hydrogen) atoms. The molecule has 1 aliphatic carbocycles. The van der Waals surface area contributed by atoms with Gasteiger partial charge in [0.15, 0.2) is 0 Å². The number of aryl methyl sites for hydroxylation is 1. The average Bonchev–Trinajstić information content (AvgIpc) is 2.69.